The first-order valence-electron chi connectivity index (χ1n) is 5.40. The van der Waals surface area contributed by atoms with E-state index in [1.165, 1.54) is 5.69 Å². The summed E-state index contributed by atoms with van der Waals surface area (Å²) in [5, 5.41) is 0. The third kappa shape index (κ3) is 2.94. The van der Waals surface area contributed by atoms with Gasteiger partial charge in [-0.05, 0) is 37.5 Å². The molecule has 1 fully saturated rings. The summed E-state index contributed by atoms with van der Waals surface area (Å²) < 4.78 is 14.3. The van der Waals surface area contributed by atoms with Gasteiger partial charge in [0.2, 0.25) is 0 Å². The van der Waals surface area contributed by atoms with Crippen LogP contribution in [0.5, 0.6) is 0 Å². The predicted molar refractivity (Wildman–Crippen MR) is 65.1 cm³/mol. The van der Waals surface area contributed by atoms with Crippen LogP contribution in [0.15, 0.2) is 28.7 Å². The van der Waals surface area contributed by atoms with Gasteiger partial charge in [-0.1, -0.05) is 22.0 Å². The number of rotatable bonds is 1. The first-order valence-corrected chi connectivity index (χ1v) is 6.19. The van der Waals surface area contributed by atoms with Crippen molar-refractivity contribution in [3.63, 3.8) is 0 Å². The summed E-state index contributed by atoms with van der Waals surface area (Å²) >= 11 is 3.46. The Kier molecular flexibility index (Phi) is 3.62. The van der Waals surface area contributed by atoms with Gasteiger partial charge in [-0.3, -0.25) is 0 Å². The van der Waals surface area contributed by atoms with Gasteiger partial charge in [0.25, 0.3) is 0 Å². The highest BCUT2D eigenvalue weighted by atomic mass is 79.9. The highest BCUT2D eigenvalue weighted by Crippen LogP contribution is 2.23. The maximum Gasteiger partial charge on any atom is 0.102 e. The average Bonchev–Trinajstić information content (AvgIpc) is 2.43. The SMILES string of the molecule is FC1CCCN(c2cccc(Br)c2)CC1. The zero-order valence-corrected chi connectivity index (χ0v) is 10.2. The van der Waals surface area contributed by atoms with E-state index in [4.69, 9.17) is 0 Å². The average molecular weight is 272 g/mol. The van der Waals surface area contributed by atoms with Crippen molar-refractivity contribution in [3.05, 3.63) is 28.7 Å². The third-order valence-electron chi connectivity index (χ3n) is 2.83. The van der Waals surface area contributed by atoms with Crippen molar-refractivity contribution in [1.29, 1.82) is 0 Å². The van der Waals surface area contributed by atoms with Gasteiger partial charge in [-0.2, -0.15) is 0 Å². The molecule has 1 aromatic carbocycles. The van der Waals surface area contributed by atoms with Crippen LogP contribution in [0, 0.1) is 0 Å². The molecule has 0 amide bonds. The molecule has 1 aliphatic rings. The number of halogens is 2. The Morgan fingerprint density at radius 1 is 1.27 bits per heavy atom. The molecule has 1 saturated heterocycles. The summed E-state index contributed by atoms with van der Waals surface area (Å²) in [6.07, 6.45) is 1.71. The van der Waals surface area contributed by atoms with E-state index in [-0.39, 0.29) is 0 Å². The molecule has 0 bridgehead atoms. The van der Waals surface area contributed by atoms with Crippen LogP contribution in [0.3, 0.4) is 0 Å². The van der Waals surface area contributed by atoms with E-state index in [0.29, 0.717) is 12.8 Å². The second-order valence-electron chi connectivity index (χ2n) is 4.00. The lowest BCUT2D eigenvalue weighted by atomic mass is 10.2. The lowest BCUT2D eigenvalue weighted by molar-refractivity contribution is 0.307. The summed E-state index contributed by atoms with van der Waals surface area (Å²) in [4.78, 5) is 2.27. The van der Waals surface area contributed by atoms with E-state index in [2.05, 4.69) is 33.0 Å². The van der Waals surface area contributed by atoms with Gasteiger partial charge in [-0.25, -0.2) is 4.39 Å². The Labute approximate surface area is 98.4 Å². The van der Waals surface area contributed by atoms with Crippen molar-refractivity contribution < 1.29 is 4.39 Å². The fraction of sp³-hybridized carbons (Fsp3) is 0.500. The molecule has 0 aliphatic carbocycles. The van der Waals surface area contributed by atoms with Gasteiger partial charge >= 0.3 is 0 Å². The standard InChI is InChI=1S/C12H15BrFN/c13-10-3-1-5-12(9-10)15-7-2-4-11(14)6-8-15/h1,3,5,9,11H,2,4,6-8H2. The summed E-state index contributed by atoms with van der Waals surface area (Å²) in [6, 6.07) is 8.22. The monoisotopic (exact) mass is 271 g/mol. The van der Waals surface area contributed by atoms with Gasteiger partial charge in [0.05, 0.1) is 0 Å². The van der Waals surface area contributed by atoms with E-state index in [1.54, 1.807) is 0 Å². The first-order chi connectivity index (χ1) is 7.25. The molecule has 1 aliphatic heterocycles. The van der Waals surface area contributed by atoms with E-state index in [9.17, 15) is 4.39 Å². The Bertz CT molecular complexity index is 329. The van der Waals surface area contributed by atoms with E-state index < -0.39 is 6.17 Å². The molecule has 15 heavy (non-hydrogen) atoms. The number of anilines is 1. The number of hydrogen-bond donors (Lipinski definition) is 0. The largest absolute Gasteiger partial charge is 0.371 e. The fourth-order valence-electron chi connectivity index (χ4n) is 1.99. The first kappa shape index (κ1) is 10.9. The molecule has 0 radical (unpaired) electrons. The number of nitrogens with zero attached hydrogens (tertiary/aromatic N) is 1. The Morgan fingerprint density at radius 3 is 2.93 bits per heavy atom. The molecular weight excluding hydrogens is 257 g/mol. The second-order valence-corrected chi connectivity index (χ2v) is 4.91. The topological polar surface area (TPSA) is 3.24 Å². The predicted octanol–water partition coefficient (Wildman–Crippen LogP) is 3.78. The van der Waals surface area contributed by atoms with Gasteiger partial charge in [-0.15, -0.1) is 0 Å². The minimum Gasteiger partial charge on any atom is -0.371 e. The van der Waals surface area contributed by atoms with Crippen LogP contribution >= 0.6 is 15.9 Å². The number of alkyl halides is 1. The highest BCUT2D eigenvalue weighted by Gasteiger charge is 2.16. The minimum absolute atomic E-state index is 0.609. The van der Waals surface area contributed by atoms with Gasteiger partial charge in [0, 0.05) is 23.2 Å². The Morgan fingerprint density at radius 2 is 2.13 bits per heavy atom. The minimum atomic E-state index is -0.609. The fourth-order valence-corrected chi connectivity index (χ4v) is 2.37. The lowest BCUT2D eigenvalue weighted by Crippen LogP contribution is -2.24. The molecule has 1 nitrogen and oxygen atoms in total. The van der Waals surface area contributed by atoms with E-state index in [0.717, 1.165) is 24.0 Å². The highest BCUT2D eigenvalue weighted by molar-refractivity contribution is 9.10. The van der Waals surface area contributed by atoms with E-state index in [1.807, 2.05) is 12.1 Å². The zero-order valence-electron chi connectivity index (χ0n) is 8.63. The molecule has 1 heterocycles. The summed E-state index contributed by atoms with van der Waals surface area (Å²) in [7, 11) is 0. The van der Waals surface area contributed by atoms with Crippen LogP contribution in [-0.4, -0.2) is 19.3 Å². The van der Waals surface area contributed by atoms with Gasteiger partial charge in [0.15, 0.2) is 0 Å². The van der Waals surface area contributed by atoms with Crippen LogP contribution in [0.2, 0.25) is 0 Å². The molecule has 0 spiro atoms. The molecule has 2 rings (SSSR count). The second kappa shape index (κ2) is 4.97. The van der Waals surface area contributed by atoms with Crippen LogP contribution in [0.1, 0.15) is 19.3 Å². The van der Waals surface area contributed by atoms with Crippen molar-refractivity contribution >= 4 is 21.6 Å². The van der Waals surface area contributed by atoms with Crippen molar-refractivity contribution in [2.45, 2.75) is 25.4 Å². The zero-order chi connectivity index (χ0) is 10.7. The Hall–Kier alpha value is -0.570. The van der Waals surface area contributed by atoms with Crippen molar-refractivity contribution in [2.24, 2.45) is 0 Å². The molecule has 1 unspecified atom stereocenters. The molecule has 82 valence electrons. The molecule has 1 atom stereocenters. The van der Waals surface area contributed by atoms with Crippen LogP contribution in [-0.2, 0) is 0 Å². The van der Waals surface area contributed by atoms with Gasteiger partial charge < -0.3 is 4.90 Å². The quantitative estimate of drug-likeness (QED) is 0.752. The Balaban J connectivity index is 2.09. The number of hydrogen-bond acceptors (Lipinski definition) is 1. The van der Waals surface area contributed by atoms with Gasteiger partial charge in [0.1, 0.15) is 6.17 Å². The van der Waals surface area contributed by atoms with Crippen molar-refractivity contribution in [1.82, 2.24) is 0 Å². The van der Waals surface area contributed by atoms with E-state index >= 15 is 0 Å². The van der Waals surface area contributed by atoms with Crippen LogP contribution in [0.4, 0.5) is 10.1 Å². The maximum atomic E-state index is 13.2. The number of benzene rings is 1. The van der Waals surface area contributed by atoms with Crippen LogP contribution < -0.4 is 4.90 Å². The molecule has 0 aromatic heterocycles. The maximum absolute atomic E-state index is 13.2. The molecule has 1 aromatic rings. The summed E-state index contributed by atoms with van der Waals surface area (Å²) in [6.45, 7) is 1.80. The van der Waals surface area contributed by atoms with Crippen molar-refractivity contribution in [2.75, 3.05) is 18.0 Å². The molecule has 0 saturated carbocycles. The molecule has 3 heteroatoms. The molecular formula is C12H15BrFN. The van der Waals surface area contributed by atoms with Crippen molar-refractivity contribution in [3.8, 4) is 0 Å². The van der Waals surface area contributed by atoms with Crippen LogP contribution in [0.25, 0.3) is 0 Å². The summed E-state index contributed by atoms with van der Waals surface area (Å²) in [5.41, 5.74) is 1.19. The summed E-state index contributed by atoms with van der Waals surface area (Å²) in [5.74, 6) is 0. The normalized spacial score (nSPS) is 22.5. The third-order valence-corrected chi connectivity index (χ3v) is 3.32. The smallest absolute Gasteiger partial charge is 0.102 e. The lowest BCUT2D eigenvalue weighted by Gasteiger charge is -2.22. The molecule has 0 N–H and O–H groups in total.